The number of nitrogens with two attached hydrogens (primary N) is 1. The predicted octanol–water partition coefficient (Wildman–Crippen LogP) is 2.64. The van der Waals surface area contributed by atoms with Crippen molar-refractivity contribution in [1.82, 2.24) is 4.31 Å². The molecule has 8 nitrogen and oxygen atoms in total. The predicted molar refractivity (Wildman–Crippen MR) is 98.4 cm³/mol. The standard InChI is InChI=1S/C18H17FN2O6S/c1-25-14-3-5-16(6-4-14)28(23,24)21(11-18(22)27-19)10-15-9-12-8-13(20)2-7-17(12)26-15/h2-9H,10-11,20H2,1H3. The number of nitrogens with zero attached hydrogens (tertiary/aromatic N) is 1. The number of methoxy groups -OCH3 is 1. The van der Waals surface area contributed by atoms with Crippen LogP contribution in [0.2, 0.25) is 0 Å². The zero-order valence-corrected chi connectivity index (χ0v) is 15.6. The highest BCUT2D eigenvalue weighted by Gasteiger charge is 2.29. The molecule has 3 aromatic rings. The van der Waals surface area contributed by atoms with Crippen molar-refractivity contribution in [3.8, 4) is 5.75 Å². The van der Waals surface area contributed by atoms with Crippen LogP contribution in [0.15, 0.2) is 57.8 Å². The molecule has 0 bridgehead atoms. The monoisotopic (exact) mass is 408 g/mol. The molecule has 0 radical (unpaired) electrons. The highest BCUT2D eigenvalue weighted by atomic mass is 32.2. The number of halogens is 1. The zero-order valence-electron chi connectivity index (χ0n) is 14.8. The van der Waals surface area contributed by atoms with E-state index in [4.69, 9.17) is 14.9 Å². The van der Waals surface area contributed by atoms with Crippen molar-refractivity contribution in [2.45, 2.75) is 11.4 Å². The summed E-state index contributed by atoms with van der Waals surface area (Å²) in [5.41, 5.74) is 6.74. The fourth-order valence-electron chi connectivity index (χ4n) is 2.66. The second-order valence-electron chi connectivity index (χ2n) is 5.91. The van der Waals surface area contributed by atoms with Crippen molar-refractivity contribution in [2.24, 2.45) is 0 Å². The van der Waals surface area contributed by atoms with Gasteiger partial charge in [0.15, 0.2) is 0 Å². The molecular formula is C18H17FN2O6S. The average Bonchev–Trinajstić information content (AvgIpc) is 3.08. The maximum absolute atomic E-state index is 13.0. The van der Waals surface area contributed by atoms with Crippen LogP contribution in [-0.2, 0) is 26.3 Å². The van der Waals surface area contributed by atoms with Gasteiger partial charge in [-0.15, -0.1) is 0 Å². The lowest BCUT2D eigenvalue weighted by atomic mass is 10.2. The molecule has 148 valence electrons. The molecule has 3 rings (SSSR count). The number of anilines is 1. The van der Waals surface area contributed by atoms with Gasteiger partial charge in [0.05, 0.1) is 18.6 Å². The molecule has 0 saturated heterocycles. The Labute approximate surface area is 160 Å². The smallest absolute Gasteiger partial charge is 0.363 e. The minimum Gasteiger partial charge on any atom is -0.497 e. The molecule has 0 saturated carbocycles. The Kier molecular flexibility index (Phi) is 5.52. The zero-order chi connectivity index (χ0) is 20.3. The molecule has 0 aliphatic carbocycles. The second-order valence-corrected chi connectivity index (χ2v) is 7.85. The van der Waals surface area contributed by atoms with E-state index in [0.717, 1.165) is 4.31 Å². The summed E-state index contributed by atoms with van der Waals surface area (Å²) >= 11 is 0. The first kappa shape index (κ1) is 19.6. The lowest BCUT2D eigenvalue weighted by molar-refractivity contribution is -0.183. The number of nitrogen functional groups attached to an aromatic ring is 1. The van der Waals surface area contributed by atoms with Crippen LogP contribution in [0.3, 0.4) is 0 Å². The maximum atomic E-state index is 13.0. The number of fused-ring (bicyclic) bond motifs is 1. The van der Waals surface area contributed by atoms with Gasteiger partial charge in [0, 0.05) is 15.6 Å². The van der Waals surface area contributed by atoms with E-state index < -0.39 is 22.5 Å². The second kappa shape index (κ2) is 7.87. The first-order valence-corrected chi connectivity index (χ1v) is 9.51. The number of ether oxygens (including phenoxy) is 1. The summed E-state index contributed by atoms with van der Waals surface area (Å²) in [6, 6.07) is 12.1. The summed E-state index contributed by atoms with van der Waals surface area (Å²) in [5.74, 6) is -0.634. The van der Waals surface area contributed by atoms with Crippen LogP contribution in [0, 0.1) is 0 Å². The topological polar surface area (TPSA) is 112 Å². The summed E-state index contributed by atoms with van der Waals surface area (Å²) in [6.45, 7) is -1.14. The minimum absolute atomic E-state index is 0.0969. The number of hydrogen-bond donors (Lipinski definition) is 1. The third-order valence-corrected chi connectivity index (χ3v) is 5.82. The van der Waals surface area contributed by atoms with Crippen LogP contribution < -0.4 is 10.5 Å². The van der Waals surface area contributed by atoms with Gasteiger partial charge in [0.25, 0.3) is 0 Å². The third kappa shape index (κ3) is 4.07. The van der Waals surface area contributed by atoms with Gasteiger partial charge in [-0.1, -0.05) is 0 Å². The molecule has 0 aliphatic rings. The van der Waals surface area contributed by atoms with Gasteiger partial charge in [0.1, 0.15) is 23.6 Å². The molecule has 0 aliphatic heterocycles. The molecule has 0 atom stereocenters. The fourth-order valence-corrected chi connectivity index (χ4v) is 4.01. The maximum Gasteiger partial charge on any atom is 0.363 e. The number of benzene rings is 2. The number of hydrogen-bond acceptors (Lipinski definition) is 7. The number of furan rings is 1. The molecule has 2 aromatic carbocycles. The van der Waals surface area contributed by atoms with E-state index in [1.807, 2.05) is 0 Å². The number of sulfonamides is 1. The van der Waals surface area contributed by atoms with E-state index in [9.17, 15) is 17.7 Å². The van der Waals surface area contributed by atoms with Crippen molar-refractivity contribution >= 4 is 32.6 Å². The normalized spacial score (nSPS) is 11.7. The van der Waals surface area contributed by atoms with E-state index >= 15 is 0 Å². The van der Waals surface area contributed by atoms with Crippen LogP contribution in [-0.4, -0.2) is 32.3 Å². The molecular weight excluding hydrogens is 391 g/mol. The molecule has 0 fully saturated rings. The van der Waals surface area contributed by atoms with Gasteiger partial charge in [-0.3, -0.25) is 4.94 Å². The highest BCUT2D eigenvalue weighted by Crippen LogP contribution is 2.25. The SMILES string of the molecule is COc1ccc(S(=O)(=O)N(CC(=O)OF)Cc2cc3cc(N)ccc3o2)cc1. The first-order chi connectivity index (χ1) is 13.3. The van der Waals surface area contributed by atoms with Crippen LogP contribution in [0.1, 0.15) is 5.76 Å². The van der Waals surface area contributed by atoms with Gasteiger partial charge >= 0.3 is 5.97 Å². The molecule has 1 aromatic heterocycles. The highest BCUT2D eigenvalue weighted by molar-refractivity contribution is 7.89. The van der Waals surface area contributed by atoms with Gasteiger partial charge in [-0.2, -0.15) is 4.31 Å². The largest absolute Gasteiger partial charge is 0.497 e. The number of carbonyl (C=O) groups is 1. The Balaban J connectivity index is 1.95. The summed E-state index contributed by atoms with van der Waals surface area (Å²) in [5, 5.41) is 0.671. The van der Waals surface area contributed by atoms with Crippen LogP contribution in [0.5, 0.6) is 5.75 Å². The van der Waals surface area contributed by atoms with Crippen molar-refractivity contribution in [3.63, 3.8) is 0 Å². The minimum atomic E-state index is -4.15. The lowest BCUT2D eigenvalue weighted by Crippen LogP contribution is -2.35. The summed E-state index contributed by atoms with van der Waals surface area (Å²) < 4.78 is 49.5. The van der Waals surface area contributed by atoms with Crippen molar-refractivity contribution < 1.29 is 31.8 Å². The molecule has 2 N–H and O–H groups in total. The van der Waals surface area contributed by atoms with Gasteiger partial charge in [0.2, 0.25) is 10.0 Å². The van der Waals surface area contributed by atoms with E-state index in [0.29, 0.717) is 22.4 Å². The molecule has 0 amide bonds. The van der Waals surface area contributed by atoms with Gasteiger partial charge in [-0.05, 0) is 48.5 Å². The molecule has 10 heteroatoms. The van der Waals surface area contributed by atoms with E-state index in [-0.39, 0.29) is 17.2 Å². The average molecular weight is 408 g/mol. The summed E-state index contributed by atoms with van der Waals surface area (Å²) in [7, 11) is -2.70. The Hall–Kier alpha value is -3.11. The van der Waals surface area contributed by atoms with Gasteiger partial charge < -0.3 is 14.9 Å². The summed E-state index contributed by atoms with van der Waals surface area (Å²) in [6.07, 6.45) is 0. The van der Waals surface area contributed by atoms with Crippen LogP contribution >= 0.6 is 0 Å². The quantitative estimate of drug-likeness (QED) is 0.598. The fraction of sp³-hybridized carbons (Fsp3) is 0.167. The van der Waals surface area contributed by atoms with E-state index in [2.05, 4.69) is 4.94 Å². The number of carbonyl (C=O) groups excluding carboxylic acids is 1. The van der Waals surface area contributed by atoms with Crippen molar-refractivity contribution in [3.05, 3.63) is 54.3 Å². The van der Waals surface area contributed by atoms with Gasteiger partial charge in [-0.25, -0.2) is 13.2 Å². The molecule has 0 spiro atoms. The molecule has 0 unspecified atom stereocenters. The van der Waals surface area contributed by atoms with Crippen molar-refractivity contribution in [2.75, 3.05) is 19.4 Å². The molecule has 28 heavy (non-hydrogen) atoms. The molecule has 1 heterocycles. The number of rotatable bonds is 7. The van der Waals surface area contributed by atoms with E-state index in [1.54, 1.807) is 24.3 Å². The Morgan fingerprint density at radius 1 is 1.18 bits per heavy atom. The van der Waals surface area contributed by atoms with Crippen LogP contribution in [0.25, 0.3) is 11.0 Å². The Morgan fingerprint density at radius 3 is 2.54 bits per heavy atom. The third-order valence-electron chi connectivity index (χ3n) is 4.01. The Morgan fingerprint density at radius 2 is 1.89 bits per heavy atom. The van der Waals surface area contributed by atoms with E-state index in [1.165, 1.54) is 31.4 Å². The lowest BCUT2D eigenvalue weighted by Gasteiger charge is -2.19. The first-order valence-electron chi connectivity index (χ1n) is 8.07. The van der Waals surface area contributed by atoms with Crippen LogP contribution in [0.4, 0.5) is 10.2 Å². The van der Waals surface area contributed by atoms with Crippen molar-refractivity contribution in [1.29, 1.82) is 0 Å². The summed E-state index contributed by atoms with van der Waals surface area (Å²) in [4.78, 5) is 14.5. The Bertz CT molecular complexity index is 1090.